The summed E-state index contributed by atoms with van der Waals surface area (Å²) in [7, 11) is 1.56. The van der Waals surface area contributed by atoms with Gasteiger partial charge in [0, 0.05) is 19.4 Å². The van der Waals surface area contributed by atoms with Crippen LogP contribution in [-0.2, 0) is 11.2 Å². The molecule has 0 aliphatic rings. The number of nitrogens with one attached hydrogen (secondary N) is 4. The first kappa shape index (κ1) is 18.7. The van der Waals surface area contributed by atoms with E-state index >= 15 is 0 Å². The second-order valence-corrected chi connectivity index (χ2v) is 4.91. The summed E-state index contributed by atoms with van der Waals surface area (Å²) in [5.41, 5.74) is 6.06. The zero-order chi connectivity index (χ0) is 17.1. The number of hydrazine groups is 1. The van der Waals surface area contributed by atoms with E-state index < -0.39 is 12.1 Å². The first-order valence-corrected chi connectivity index (χ1v) is 7.41. The Morgan fingerprint density at radius 3 is 2.39 bits per heavy atom. The maximum absolute atomic E-state index is 11.7. The van der Waals surface area contributed by atoms with E-state index in [9.17, 15) is 9.59 Å². The van der Waals surface area contributed by atoms with Crippen LogP contribution in [0.15, 0.2) is 24.3 Å². The minimum atomic E-state index is -0.560. The minimum Gasteiger partial charge on any atom is -0.396 e. The summed E-state index contributed by atoms with van der Waals surface area (Å²) < 4.78 is 4.97. The van der Waals surface area contributed by atoms with Crippen molar-refractivity contribution in [2.75, 3.05) is 25.6 Å². The monoisotopic (exact) mass is 324 g/mol. The average molecular weight is 324 g/mol. The van der Waals surface area contributed by atoms with Crippen molar-refractivity contribution < 1.29 is 19.4 Å². The summed E-state index contributed by atoms with van der Waals surface area (Å²) in [6.45, 7) is 2.40. The zero-order valence-corrected chi connectivity index (χ0v) is 13.4. The Kier molecular flexibility index (Phi) is 8.48. The largest absolute Gasteiger partial charge is 0.396 e. The molecule has 0 aromatic heterocycles. The number of carbonyl (C=O) groups excluding carboxylic acids is 2. The van der Waals surface area contributed by atoms with Crippen molar-refractivity contribution in [2.45, 2.75) is 25.8 Å². The van der Waals surface area contributed by atoms with Crippen molar-refractivity contribution in [3.63, 3.8) is 0 Å². The van der Waals surface area contributed by atoms with Crippen LogP contribution in [0.25, 0.3) is 0 Å². The predicted molar refractivity (Wildman–Crippen MR) is 87.0 cm³/mol. The molecule has 0 fully saturated rings. The lowest BCUT2D eigenvalue weighted by Gasteiger charge is -2.16. The number of ether oxygens (including phenoxy) is 1. The van der Waals surface area contributed by atoms with Gasteiger partial charge in [-0.2, -0.15) is 0 Å². The minimum absolute atomic E-state index is 0.0775. The highest BCUT2D eigenvalue weighted by atomic mass is 16.5. The number of amides is 4. The molecule has 128 valence electrons. The molecule has 0 aliphatic heterocycles. The maximum Gasteiger partial charge on any atom is 0.337 e. The van der Waals surface area contributed by atoms with E-state index in [0.717, 1.165) is 5.56 Å². The number of anilines is 1. The lowest BCUT2D eigenvalue weighted by Crippen LogP contribution is -2.51. The van der Waals surface area contributed by atoms with Crippen molar-refractivity contribution in [3.05, 3.63) is 29.8 Å². The second kappa shape index (κ2) is 10.4. The van der Waals surface area contributed by atoms with Crippen LogP contribution in [0.2, 0.25) is 0 Å². The van der Waals surface area contributed by atoms with Crippen LogP contribution in [0.1, 0.15) is 18.9 Å². The molecule has 8 nitrogen and oxygen atoms in total. The number of benzene rings is 1. The van der Waals surface area contributed by atoms with Gasteiger partial charge in [0.1, 0.15) is 0 Å². The van der Waals surface area contributed by atoms with E-state index in [-0.39, 0.29) is 12.6 Å². The fourth-order valence-electron chi connectivity index (χ4n) is 1.84. The number of hydrogen-bond donors (Lipinski definition) is 5. The van der Waals surface area contributed by atoms with Crippen LogP contribution in [0.5, 0.6) is 0 Å². The van der Waals surface area contributed by atoms with E-state index in [1.165, 1.54) is 0 Å². The van der Waals surface area contributed by atoms with Gasteiger partial charge in [-0.15, -0.1) is 0 Å². The molecular weight excluding hydrogens is 300 g/mol. The summed E-state index contributed by atoms with van der Waals surface area (Å²) in [6, 6.07) is 5.86. The Morgan fingerprint density at radius 1 is 1.17 bits per heavy atom. The van der Waals surface area contributed by atoms with Gasteiger partial charge in [0.15, 0.2) is 0 Å². The molecule has 23 heavy (non-hydrogen) atoms. The SMILES string of the molecule is CC[C@H](COC)NC(=O)NNC(=O)Nc1ccc(CCO)cc1. The van der Waals surface area contributed by atoms with Gasteiger partial charge in [0.05, 0.1) is 12.6 Å². The van der Waals surface area contributed by atoms with Crippen molar-refractivity contribution in [1.29, 1.82) is 0 Å². The van der Waals surface area contributed by atoms with Gasteiger partial charge >= 0.3 is 12.1 Å². The predicted octanol–water partition coefficient (Wildman–Crippen LogP) is 0.982. The van der Waals surface area contributed by atoms with Crippen molar-refractivity contribution in [2.24, 2.45) is 0 Å². The Hall–Kier alpha value is -2.32. The summed E-state index contributed by atoms with van der Waals surface area (Å²) in [5, 5.41) is 14.1. The average Bonchev–Trinajstić information content (AvgIpc) is 2.54. The third-order valence-electron chi connectivity index (χ3n) is 3.10. The molecule has 5 N–H and O–H groups in total. The highest BCUT2D eigenvalue weighted by Gasteiger charge is 2.10. The van der Waals surface area contributed by atoms with Crippen LogP contribution >= 0.6 is 0 Å². The zero-order valence-electron chi connectivity index (χ0n) is 13.4. The highest BCUT2D eigenvalue weighted by Crippen LogP contribution is 2.09. The van der Waals surface area contributed by atoms with Crippen LogP contribution in [0.4, 0.5) is 15.3 Å². The summed E-state index contributed by atoms with van der Waals surface area (Å²) in [4.78, 5) is 23.3. The van der Waals surface area contributed by atoms with Gasteiger partial charge in [-0.25, -0.2) is 20.4 Å². The van der Waals surface area contributed by atoms with E-state index in [1.54, 1.807) is 19.2 Å². The first-order valence-electron chi connectivity index (χ1n) is 7.41. The molecular formula is C15H24N4O4. The molecule has 0 heterocycles. The fraction of sp³-hybridized carbons (Fsp3) is 0.467. The highest BCUT2D eigenvalue weighted by molar-refractivity contribution is 5.90. The molecule has 0 spiro atoms. The number of methoxy groups -OCH3 is 1. The molecule has 8 heteroatoms. The van der Waals surface area contributed by atoms with E-state index in [2.05, 4.69) is 21.5 Å². The molecule has 0 saturated heterocycles. The fourth-order valence-corrected chi connectivity index (χ4v) is 1.84. The lowest BCUT2D eigenvalue weighted by atomic mass is 10.1. The van der Waals surface area contributed by atoms with Gasteiger partial charge in [-0.3, -0.25) is 0 Å². The maximum atomic E-state index is 11.7. The van der Waals surface area contributed by atoms with Crippen molar-refractivity contribution >= 4 is 17.7 Å². The Morgan fingerprint density at radius 2 is 1.83 bits per heavy atom. The molecule has 0 bridgehead atoms. The second-order valence-electron chi connectivity index (χ2n) is 4.91. The molecule has 0 radical (unpaired) electrons. The molecule has 1 aromatic carbocycles. The van der Waals surface area contributed by atoms with Crippen LogP contribution < -0.4 is 21.5 Å². The lowest BCUT2D eigenvalue weighted by molar-refractivity contribution is 0.163. The number of rotatable bonds is 7. The summed E-state index contributed by atoms with van der Waals surface area (Å²) in [5.74, 6) is 0. The van der Waals surface area contributed by atoms with Crippen LogP contribution in [-0.4, -0.2) is 43.5 Å². The normalized spacial score (nSPS) is 11.4. The van der Waals surface area contributed by atoms with E-state index in [4.69, 9.17) is 9.84 Å². The van der Waals surface area contributed by atoms with Crippen molar-refractivity contribution in [3.8, 4) is 0 Å². The topological polar surface area (TPSA) is 112 Å². The molecule has 4 amide bonds. The standard InChI is InChI=1S/C15H24N4O4/c1-3-12(10-23-2)16-14(21)18-19-15(22)17-13-6-4-11(5-7-13)8-9-20/h4-7,12,20H,3,8-10H2,1-2H3,(H2,16,18,21)(H2,17,19,22)/t12-/m1/s1. The smallest absolute Gasteiger partial charge is 0.337 e. The Labute approximate surface area is 135 Å². The van der Waals surface area contributed by atoms with E-state index in [1.807, 2.05) is 19.1 Å². The van der Waals surface area contributed by atoms with Gasteiger partial charge in [-0.05, 0) is 30.5 Å². The van der Waals surface area contributed by atoms with Crippen LogP contribution in [0, 0.1) is 0 Å². The molecule has 1 atom stereocenters. The van der Waals surface area contributed by atoms with Crippen LogP contribution in [0.3, 0.4) is 0 Å². The summed E-state index contributed by atoms with van der Waals surface area (Å²) in [6.07, 6.45) is 1.28. The third-order valence-corrected chi connectivity index (χ3v) is 3.10. The number of aliphatic hydroxyl groups excluding tert-OH is 1. The number of carbonyl (C=O) groups is 2. The molecule has 0 unspecified atom stereocenters. The van der Waals surface area contributed by atoms with Gasteiger partial charge in [0.25, 0.3) is 0 Å². The summed E-state index contributed by atoms with van der Waals surface area (Å²) >= 11 is 0. The molecule has 0 aliphatic carbocycles. The Bertz CT molecular complexity index is 493. The number of hydrogen-bond acceptors (Lipinski definition) is 4. The number of urea groups is 2. The molecule has 1 rings (SSSR count). The first-order chi connectivity index (χ1) is 11.1. The van der Waals surface area contributed by atoms with E-state index in [0.29, 0.717) is 25.1 Å². The van der Waals surface area contributed by atoms with Gasteiger partial charge in [-0.1, -0.05) is 19.1 Å². The van der Waals surface area contributed by atoms with Crippen molar-refractivity contribution in [1.82, 2.24) is 16.2 Å². The molecule has 0 saturated carbocycles. The third kappa shape index (κ3) is 7.48. The quantitative estimate of drug-likeness (QED) is 0.481. The van der Waals surface area contributed by atoms with Gasteiger partial charge < -0.3 is 20.5 Å². The Balaban J connectivity index is 2.34. The van der Waals surface area contributed by atoms with Gasteiger partial charge in [0.2, 0.25) is 0 Å². The number of aliphatic hydroxyl groups is 1. The molecule has 1 aromatic rings.